The first-order chi connectivity index (χ1) is 7.27. The van der Waals surface area contributed by atoms with Crippen molar-refractivity contribution in [3.8, 4) is 0 Å². The normalized spacial score (nSPS) is 23.4. The van der Waals surface area contributed by atoms with Crippen molar-refractivity contribution >= 4 is 16.7 Å². The van der Waals surface area contributed by atoms with Crippen LogP contribution in [0.4, 0.5) is 5.13 Å². The van der Waals surface area contributed by atoms with E-state index in [2.05, 4.69) is 42.0 Å². The van der Waals surface area contributed by atoms with Gasteiger partial charge in [0.1, 0.15) is 5.82 Å². The molecule has 0 spiro atoms. The smallest absolute Gasteiger partial charge is 0.205 e. The lowest BCUT2D eigenvalue weighted by Gasteiger charge is -2.46. The van der Waals surface area contributed by atoms with Gasteiger partial charge in [-0.1, -0.05) is 0 Å². The van der Waals surface area contributed by atoms with Crippen LogP contribution in [0, 0.1) is 6.92 Å². The second kappa shape index (κ2) is 3.67. The van der Waals surface area contributed by atoms with Crippen molar-refractivity contribution in [2.24, 2.45) is 0 Å². The van der Waals surface area contributed by atoms with E-state index < -0.39 is 0 Å². The summed E-state index contributed by atoms with van der Waals surface area (Å²) in [5.74, 6) is 0.849. The minimum Gasteiger partial charge on any atom is -0.366 e. The average Bonchev–Trinajstić information content (AvgIpc) is 2.45. The van der Waals surface area contributed by atoms with Crippen molar-refractivity contribution in [3.05, 3.63) is 5.82 Å². The summed E-state index contributed by atoms with van der Waals surface area (Å²) < 4.78 is 10.3. The highest BCUT2D eigenvalue weighted by atomic mass is 32.1. The van der Waals surface area contributed by atoms with Gasteiger partial charge in [-0.15, -0.1) is 0 Å². The number of hydrogen-bond acceptors (Lipinski definition) is 5. The Balaban J connectivity index is 2.22. The van der Waals surface area contributed by atoms with Gasteiger partial charge in [0.25, 0.3) is 0 Å². The van der Waals surface area contributed by atoms with E-state index in [1.54, 1.807) is 0 Å². The lowest BCUT2D eigenvalue weighted by Crippen LogP contribution is -2.57. The average molecular weight is 241 g/mol. The SMILES string of the molecule is Cc1nsc(N2CC(C)(C)OC(C)(C)C2)n1. The van der Waals surface area contributed by atoms with Gasteiger partial charge in [-0.05, 0) is 34.6 Å². The van der Waals surface area contributed by atoms with Gasteiger partial charge in [0.15, 0.2) is 0 Å². The van der Waals surface area contributed by atoms with Crippen LogP contribution in [0.5, 0.6) is 0 Å². The number of ether oxygens (including phenoxy) is 1. The molecule has 2 heterocycles. The van der Waals surface area contributed by atoms with E-state index >= 15 is 0 Å². The first-order valence-electron chi connectivity index (χ1n) is 5.53. The molecule has 1 aromatic rings. The van der Waals surface area contributed by atoms with Gasteiger partial charge in [0.2, 0.25) is 5.13 Å². The van der Waals surface area contributed by atoms with Crippen molar-refractivity contribution in [1.29, 1.82) is 0 Å². The van der Waals surface area contributed by atoms with E-state index in [0.29, 0.717) is 0 Å². The maximum absolute atomic E-state index is 6.03. The topological polar surface area (TPSA) is 38.2 Å². The molecule has 2 rings (SSSR count). The van der Waals surface area contributed by atoms with Crippen LogP contribution < -0.4 is 4.90 Å². The van der Waals surface area contributed by atoms with Gasteiger partial charge in [-0.2, -0.15) is 4.37 Å². The van der Waals surface area contributed by atoms with Gasteiger partial charge in [-0.25, -0.2) is 4.98 Å². The summed E-state index contributed by atoms with van der Waals surface area (Å²) in [6, 6.07) is 0. The molecule has 0 amide bonds. The third kappa shape index (κ3) is 2.52. The fourth-order valence-corrected chi connectivity index (χ4v) is 3.01. The van der Waals surface area contributed by atoms with Crippen LogP contribution in [0.2, 0.25) is 0 Å². The van der Waals surface area contributed by atoms with Crippen LogP contribution in [-0.2, 0) is 4.74 Å². The number of aryl methyl sites for hydroxylation is 1. The Hall–Kier alpha value is -0.680. The molecule has 0 aromatic carbocycles. The molecule has 90 valence electrons. The summed E-state index contributed by atoms with van der Waals surface area (Å²) in [6.45, 7) is 12.1. The summed E-state index contributed by atoms with van der Waals surface area (Å²) in [5.41, 5.74) is -0.275. The fraction of sp³-hybridized carbons (Fsp3) is 0.818. The highest BCUT2D eigenvalue weighted by Gasteiger charge is 2.39. The molecule has 0 radical (unpaired) electrons. The van der Waals surface area contributed by atoms with Crippen molar-refractivity contribution in [2.45, 2.75) is 45.8 Å². The predicted molar refractivity (Wildman–Crippen MR) is 66.1 cm³/mol. The molecular weight excluding hydrogens is 222 g/mol. The first kappa shape index (κ1) is 11.8. The highest BCUT2D eigenvalue weighted by molar-refractivity contribution is 7.09. The molecule has 0 atom stereocenters. The predicted octanol–water partition coefficient (Wildman–Crippen LogP) is 2.24. The summed E-state index contributed by atoms with van der Waals surface area (Å²) in [5, 5.41) is 1.00. The quantitative estimate of drug-likeness (QED) is 0.756. The molecule has 1 aliphatic heterocycles. The highest BCUT2D eigenvalue weighted by Crippen LogP contribution is 2.31. The monoisotopic (exact) mass is 241 g/mol. The molecule has 16 heavy (non-hydrogen) atoms. The molecule has 0 saturated carbocycles. The van der Waals surface area contributed by atoms with Crippen LogP contribution >= 0.6 is 11.5 Å². The summed E-state index contributed by atoms with van der Waals surface area (Å²) in [7, 11) is 0. The second-order valence-electron chi connectivity index (χ2n) is 5.60. The summed E-state index contributed by atoms with van der Waals surface area (Å²) in [4.78, 5) is 6.72. The molecule has 1 fully saturated rings. The first-order valence-corrected chi connectivity index (χ1v) is 6.30. The van der Waals surface area contributed by atoms with Crippen LogP contribution in [-0.4, -0.2) is 33.6 Å². The van der Waals surface area contributed by atoms with E-state index in [1.165, 1.54) is 11.5 Å². The Morgan fingerprint density at radius 1 is 1.19 bits per heavy atom. The van der Waals surface area contributed by atoms with Gasteiger partial charge in [0, 0.05) is 24.6 Å². The maximum Gasteiger partial charge on any atom is 0.205 e. The number of anilines is 1. The molecule has 0 N–H and O–H groups in total. The third-order valence-corrected chi connectivity index (χ3v) is 3.35. The van der Waals surface area contributed by atoms with Crippen LogP contribution in [0.15, 0.2) is 0 Å². The molecule has 1 saturated heterocycles. The molecule has 5 heteroatoms. The third-order valence-electron chi connectivity index (χ3n) is 2.48. The van der Waals surface area contributed by atoms with Crippen molar-refractivity contribution < 1.29 is 4.74 Å². The number of rotatable bonds is 1. The Labute approximate surface area is 101 Å². The van der Waals surface area contributed by atoms with E-state index in [9.17, 15) is 0 Å². The van der Waals surface area contributed by atoms with Crippen LogP contribution in [0.25, 0.3) is 0 Å². The number of morpholine rings is 1. The van der Waals surface area contributed by atoms with Crippen LogP contribution in [0.3, 0.4) is 0 Å². The standard InChI is InChI=1S/C11H19N3OS/c1-8-12-9(16-13-8)14-6-10(2,3)15-11(4,5)7-14/h6-7H2,1-5H3. The summed E-state index contributed by atoms with van der Waals surface area (Å²) in [6.07, 6.45) is 0. The van der Waals surface area contributed by atoms with Gasteiger partial charge in [-0.3, -0.25) is 0 Å². The molecule has 1 aliphatic rings. The maximum atomic E-state index is 6.03. The summed E-state index contributed by atoms with van der Waals surface area (Å²) >= 11 is 1.47. The minimum absolute atomic E-state index is 0.138. The largest absolute Gasteiger partial charge is 0.366 e. The Morgan fingerprint density at radius 3 is 2.19 bits per heavy atom. The Bertz CT molecular complexity index is 370. The number of aromatic nitrogens is 2. The number of nitrogens with zero attached hydrogens (tertiary/aromatic N) is 3. The molecule has 1 aromatic heterocycles. The Kier molecular flexibility index (Phi) is 2.70. The van der Waals surface area contributed by atoms with Gasteiger partial charge >= 0.3 is 0 Å². The lowest BCUT2D eigenvalue weighted by molar-refractivity contribution is -0.133. The van der Waals surface area contributed by atoms with E-state index in [0.717, 1.165) is 24.0 Å². The van der Waals surface area contributed by atoms with Gasteiger partial charge < -0.3 is 9.64 Å². The molecular formula is C11H19N3OS. The van der Waals surface area contributed by atoms with E-state index in [-0.39, 0.29) is 11.2 Å². The van der Waals surface area contributed by atoms with E-state index in [4.69, 9.17) is 4.74 Å². The zero-order valence-corrected chi connectivity index (χ0v) is 11.4. The van der Waals surface area contributed by atoms with Crippen molar-refractivity contribution in [2.75, 3.05) is 18.0 Å². The van der Waals surface area contributed by atoms with Crippen molar-refractivity contribution in [3.63, 3.8) is 0 Å². The molecule has 0 unspecified atom stereocenters. The molecule has 0 aliphatic carbocycles. The van der Waals surface area contributed by atoms with E-state index in [1.807, 2.05) is 6.92 Å². The van der Waals surface area contributed by atoms with Crippen molar-refractivity contribution in [1.82, 2.24) is 9.36 Å². The lowest BCUT2D eigenvalue weighted by atomic mass is 9.99. The van der Waals surface area contributed by atoms with Gasteiger partial charge in [0.05, 0.1) is 11.2 Å². The minimum atomic E-state index is -0.138. The molecule has 4 nitrogen and oxygen atoms in total. The molecule has 0 bridgehead atoms. The van der Waals surface area contributed by atoms with Crippen LogP contribution in [0.1, 0.15) is 33.5 Å². The fourth-order valence-electron chi connectivity index (χ4n) is 2.34. The Morgan fingerprint density at radius 2 is 1.75 bits per heavy atom. The second-order valence-corrected chi connectivity index (χ2v) is 6.33. The number of hydrogen-bond donors (Lipinski definition) is 0. The zero-order valence-electron chi connectivity index (χ0n) is 10.6. The zero-order chi connectivity index (χ0) is 12.0.